The number of H-pyrrole nitrogens is 1. The third-order valence-electron chi connectivity index (χ3n) is 3.22. The minimum atomic E-state index is 0.502. The zero-order valence-electron chi connectivity index (χ0n) is 12.6. The van der Waals surface area contributed by atoms with Crippen LogP contribution in [-0.2, 0) is 11.2 Å². The number of guanidine groups is 1. The Morgan fingerprint density at radius 1 is 1.38 bits per heavy atom. The van der Waals surface area contributed by atoms with Crippen molar-refractivity contribution in [2.45, 2.75) is 19.8 Å². The van der Waals surface area contributed by atoms with Gasteiger partial charge in [0.2, 0.25) is 0 Å². The molecule has 114 valence electrons. The van der Waals surface area contributed by atoms with E-state index in [4.69, 9.17) is 10.5 Å². The Balaban J connectivity index is 1.69. The zero-order chi connectivity index (χ0) is 14.9. The van der Waals surface area contributed by atoms with Crippen molar-refractivity contribution in [2.24, 2.45) is 10.7 Å². The normalized spacial score (nSPS) is 12.0. The summed E-state index contributed by atoms with van der Waals surface area (Å²) in [6.07, 6.45) is 1.79. The lowest BCUT2D eigenvalue weighted by atomic mass is 10.2. The number of para-hydroxylation sites is 1. The van der Waals surface area contributed by atoms with Gasteiger partial charge in [0.1, 0.15) is 0 Å². The molecule has 0 spiro atoms. The first-order chi connectivity index (χ1) is 10.3. The monoisotopic (exact) mass is 288 g/mol. The van der Waals surface area contributed by atoms with Crippen LogP contribution < -0.4 is 11.1 Å². The minimum Gasteiger partial charge on any atom is -0.382 e. The van der Waals surface area contributed by atoms with Crippen LogP contribution in [0.2, 0.25) is 0 Å². The minimum absolute atomic E-state index is 0.502. The molecule has 1 aromatic heterocycles. The molecule has 2 aromatic rings. The molecular weight excluding hydrogens is 264 g/mol. The fraction of sp³-hybridized carbons (Fsp3) is 0.438. The number of nitrogens with two attached hydrogens (primary N) is 1. The zero-order valence-corrected chi connectivity index (χ0v) is 12.6. The summed E-state index contributed by atoms with van der Waals surface area (Å²) in [5.74, 6) is 0.502. The standard InChI is InChI=1S/C16H24N4O/c1-2-21-11-5-9-18-16(17)19-10-8-14-12-13-6-3-4-7-15(13)20-14/h3-4,6-7,12,20H,2,5,8-11H2,1H3,(H3,17,18,19). The Labute approximate surface area is 125 Å². The Bertz CT molecular complexity index is 543. The highest BCUT2D eigenvalue weighted by Gasteiger charge is 2.00. The molecule has 4 N–H and O–H groups in total. The highest BCUT2D eigenvalue weighted by atomic mass is 16.5. The summed E-state index contributed by atoms with van der Waals surface area (Å²) in [5, 5.41) is 4.37. The molecule has 0 saturated heterocycles. The quantitative estimate of drug-likeness (QED) is 0.395. The van der Waals surface area contributed by atoms with E-state index in [1.807, 2.05) is 19.1 Å². The molecule has 0 fully saturated rings. The molecular formula is C16H24N4O. The third-order valence-corrected chi connectivity index (χ3v) is 3.22. The number of fused-ring (bicyclic) bond motifs is 1. The Morgan fingerprint density at radius 2 is 2.24 bits per heavy atom. The number of rotatable bonds is 8. The van der Waals surface area contributed by atoms with Gasteiger partial charge >= 0.3 is 0 Å². The molecule has 0 aliphatic heterocycles. The van der Waals surface area contributed by atoms with Crippen molar-refractivity contribution in [3.05, 3.63) is 36.0 Å². The van der Waals surface area contributed by atoms with Crippen LogP contribution in [0.3, 0.4) is 0 Å². The maximum atomic E-state index is 5.82. The predicted octanol–water partition coefficient (Wildman–Crippen LogP) is 2.04. The van der Waals surface area contributed by atoms with E-state index >= 15 is 0 Å². The van der Waals surface area contributed by atoms with E-state index in [1.54, 1.807) is 0 Å². The van der Waals surface area contributed by atoms with Crippen molar-refractivity contribution >= 4 is 16.9 Å². The van der Waals surface area contributed by atoms with Crippen LogP contribution in [0.25, 0.3) is 10.9 Å². The number of nitrogens with one attached hydrogen (secondary N) is 2. The molecule has 5 nitrogen and oxygen atoms in total. The van der Waals surface area contributed by atoms with E-state index in [2.05, 4.69) is 33.5 Å². The SMILES string of the molecule is CCOCCCN=C(N)NCCc1cc2ccccc2[nH]1. The molecule has 0 amide bonds. The van der Waals surface area contributed by atoms with Gasteiger partial charge in [-0.25, -0.2) is 0 Å². The van der Waals surface area contributed by atoms with Crippen molar-refractivity contribution in [2.75, 3.05) is 26.3 Å². The van der Waals surface area contributed by atoms with Gasteiger partial charge < -0.3 is 20.8 Å². The molecule has 0 aliphatic rings. The van der Waals surface area contributed by atoms with Crippen molar-refractivity contribution in [1.82, 2.24) is 10.3 Å². The molecule has 1 heterocycles. The predicted molar refractivity (Wildman–Crippen MR) is 87.6 cm³/mol. The van der Waals surface area contributed by atoms with Crippen LogP contribution in [0.5, 0.6) is 0 Å². The first-order valence-corrected chi connectivity index (χ1v) is 7.47. The summed E-state index contributed by atoms with van der Waals surface area (Å²) < 4.78 is 5.25. The lowest BCUT2D eigenvalue weighted by molar-refractivity contribution is 0.146. The van der Waals surface area contributed by atoms with Crippen LogP contribution in [0, 0.1) is 0 Å². The maximum absolute atomic E-state index is 5.82. The number of aromatic nitrogens is 1. The Kier molecular flexibility index (Phi) is 6.09. The first-order valence-electron chi connectivity index (χ1n) is 7.47. The van der Waals surface area contributed by atoms with Gasteiger partial charge in [-0.15, -0.1) is 0 Å². The molecule has 0 bridgehead atoms. The second kappa shape index (κ2) is 8.32. The fourth-order valence-electron chi connectivity index (χ4n) is 2.16. The van der Waals surface area contributed by atoms with Gasteiger partial charge in [0.25, 0.3) is 0 Å². The summed E-state index contributed by atoms with van der Waals surface area (Å²) in [6.45, 7) is 4.95. The van der Waals surface area contributed by atoms with Crippen molar-refractivity contribution < 1.29 is 4.74 Å². The van der Waals surface area contributed by atoms with Gasteiger partial charge in [0.05, 0.1) is 0 Å². The molecule has 0 saturated carbocycles. The number of hydrogen-bond acceptors (Lipinski definition) is 2. The lowest BCUT2D eigenvalue weighted by Gasteiger charge is -2.04. The Hall–Kier alpha value is -2.01. The summed E-state index contributed by atoms with van der Waals surface area (Å²) in [7, 11) is 0. The smallest absolute Gasteiger partial charge is 0.188 e. The molecule has 5 heteroatoms. The average molecular weight is 288 g/mol. The van der Waals surface area contributed by atoms with Crippen LogP contribution in [0.4, 0.5) is 0 Å². The highest BCUT2D eigenvalue weighted by molar-refractivity contribution is 5.80. The van der Waals surface area contributed by atoms with E-state index in [0.29, 0.717) is 12.5 Å². The van der Waals surface area contributed by atoms with Crippen molar-refractivity contribution in [3.63, 3.8) is 0 Å². The van der Waals surface area contributed by atoms with Crippen LogP contribution in [0.15, 0.2) is 35.3 Å². The number of ether oxygens (including phenoxy) is 1. The lowest BCUT2D eigenvalue weighted by Crippen LogP contribution is -2.33. The topological polar surface area (TPSA) is 75.4 Å². The molecule has 2 rings (SSSR count). The van der Waals surface area contributed by atoms with Gasteiger partial charge in [-0.3, -0.25) is 4.99 Å². The molecule has 0 unspecified atom stereocenters. The second-order valence-corrected chi connectivity index (χ2v) is 4.88. The molecule has 0 atom stereocenters. The van der Waals surface area contributed by atoms with E-state index < -0.39 is 0 Å². The number of nitrogens with zero attached hydrogens (tertiary/aromatic N) is 1. The van der Waals surface area contributed by atoms with Crippen LogP contribution in [0.1, 0.15) is 19.0 Å². The Morgan fingerprint density at radius 3 is 3.05 bits per heavy atom. The van der Waals surface area contributed by atoms with Gasteiger partial charge in [0.15, 0.2) is 5.96 Å². The summed E-state index contributed by atoms with van der Waals surface area (Å²) in [4.78, 5) is 7.66. The van der Waals surface area contributed by atoms with Gasteiger partial charge in [-0.1, -0.05) is 18.2 Å². The number of aromatic amines is 1. The summed E-state index contributed by atoms with van der Waals surface area (Å²) >= 11 is 0. The number of hydrogen-bond donors (Lipinski definition) is 3. The van der Waals surface area contributed by atoms with Crippen LogP contribution in [-0.4, -0.2) is 37.2 Å². The fourth-order valence-corrected chi connectivity index (χ4v) is 2.16. The largest absolute Gasteiger partial charge is 0.382 e. The van der Waals surface area contributed by atoms with Crippen molar-refractivity contribution in [3.8, 4) is 0 Å². The van der Waals surface area contributed by atoms with E-state index in [0.717, 1.165) is 32.6 Å². The highest BCUT2D eigenvalue weighted by Crippen LogP contribution is 2.14. The number of benzene rings is 1. The van der Waals surface area contributed by atoms with E-state index in [1.165, 1.54) is 16.6 Å². The molecule has 1 aromatic carbocycles. The summed E-state index contributed by atoms with van der Waals surface area (Å²) in [5.41, 5.74) is 8.19. The van der Waals surface area contributed by atoms with Gasteiger partial charge in [-0.2, -0.15) is 0 Å². The first kappa shape index (κ1) is 15.4. The molecule has 0 radical (unpaired) electrons. The van der Waals surface area contributed by atoms with Gasteiger partial charge in [-0.05, 0) is 30.9 Å². The summed E-state index contributed by atoms with van der Waals surface area (Å²) in [6, 6.07) is 10.4. The van der Waals surface area contributed by atoms with Gasteiger partial charge in [0, 0.05) is 43.9 Å². The van der Waals surface area contributed by atoms with E-state index in [-0.39, 0.29) is 0 Å². The van der Waals surface area contributed by atoms with Crippen LogP contribution >= 0.6 is 0 Å². The third kappa shape index (κ3) is 5.11. The van der Waals surface area contributed by atoms with Crippen molar-refractivity contribution in [1.29, 1.82) is 0 Å². The number of aliphatic imine (C=N–C) groups is 1. The second-order valence-electron chi connectivity index (χ2n) is 4.88. The molecule has 21 heavy (non-hydrogen) atoms. The maximum Gasteiger partial charge on any atom is 0.188 e. The molecule has 0 aliphatic carbocycles. The average Bonchev–Trinajstić information content (AvgIpc) is 2.89. The van der Waals surface area contributed by atoms with E-state index in [9.17, 15) is 0 Å².